The van der Waals surface area contributed by atoms with Gasteiger partial charge in [-0.3, -0.25) is 4.79 Å². The van der Waals surface area contributed by atoms with Crippen LogP contribution in [0.5, 0.6) is 0 Å². The van der Waals surface area contributed by atoms with E-state index in [9.17, 15) is 19.1 Å². The smallest absolute Gasteiger partial charge is 0.228 e. The van der Waals surface area contributed by atoms with E-state index in [0.29, 0.717) is 11.3 Å². The molecular formula is C16H17FNO3-. The summed E-state index contributed by atoms with van der Waals surface area (Å²) < 4.78 is 13.1. The number of aliphatic carboxylic acids is 1. The number of hydrogen-bond acceptors (Lipinski definition) is 3. The van der Waals surface area contributed by atoms with E-state index in [2.05, 4.69) is 5.32 Å². The molecule has 1 amide bonds. The van der Waals surface area contributed by atoms with Crippen molar-refractivity contribution < 1.29 is 19.1 Å². The number of carboxylic acids is 1. The lowest BCUT2D eigenvalue weighted by Gasteiger charge is -2.30. The number of aryl methyl sites for hydroxylation is 1. The summed E-state index contributed by atoms with van der Waals surface area (Å²) in [5.74, 6) is -2.81. The third kappa shape index (κ3) is 2.41. The zero-order valence-corrected chi connectivity index (χ0v) is 11.8. The summed E-state index contributed by atoms with van der Waals surface area (Å²) in [5.41, 5.74) is 1.15. The molecule has 0 spiro atoms. The topological polar surface area (TPSA) is 69.2 Å². The minimum Gasteiger partial charge on any atom is -0.550 e. The fourth-order valence-electron chi connectivity index (χ4n) is 3.99. The van der Waals surface area contributed by atoms with E-state index >= 15 is 0 Å². The van der Waals surface area contributed by atoms with Gasteiger partial charge >= 0.3 is 0 Å². The largest absolute Gasteiger partial charge is 0.550 e. The summed E-state index contributed by atoms with van der Waals surface area (Å²) in [6.45, 7) is 1.70. The Balaban J connectivity index is 1.80. The van der Waals surface area contributed by atoms with Gasteiger partial charge in [-0.1, -0.05) is 0 Å². The van der Waals surface area contributed by atoms with Crippen LogP contribution in [0.4, 0.5) is 10.1 Å². The molecule has 3 rings (SSSR count). The first-order valence-electron chi connectivity index (χ1n) is 7.25. The molecular weight excluding hydrogens is 273 g/mol. The quantitative estimate of drug-likeness (QED) is 0.917. The standard InChI is InChI=1S/C16H18FNO3/c1-8-6-11(17)4-5-12(8)18-15(19)13-9-2-3-10(7-9)14(13)16(20)21/h4-6,9-10,13-14H,2-3,7H2,1H3,(H,18,19)(H,20,21)/p-1/t9-,10-,13+,14-/m0/s1. The number of rotatable bonds is 3. The molecule has 1 aromatic carbocycles. The Morgan fingerprint density at radius 3 is 2.52 bits per heavy atom. The Bertz CT molecular complexity index is 601. The minimum atomic E-state index is -1.13. The van der Waals surface area contributed by atoms with Gasteiger partial charge in [-0.05, 0) is 61.8 Å². The van der Waals surface area contributed by atoms with Crippen LogP contribution in [0.2, 0.25) is 0 Å². The average Bonchev–Trinajstić information content (AvgIpc) is 3.02. The first kappa shape index (κ1) is 14.0. The predicted octanol–water partition coefficient (Wildman–Crippen LogP) is 1.48. The monoisotopic (exact) mass is 290 g/mol. The average molecular weight is 290 g/mol. The fraction of sp³-hybridized carbons (Fsp3) is 0.500. The van der Waals surface area contributed by atoms with Crippen LogP contribution >= 0.6 is 0 Å². The second-order valence-electron chi connectivity index (χ2n) is 6.15. The molecule has 0 aromatic heterocycles. The number of amides is 1. The highest BCUT2D eigenvalue weighted by atomic mass is 19.1. The zero-order chi connectivity index (χ0) is 15.1. The molecule has 21 heavy (non-hydrogen) atoms. The summed E-state index contributed by atoms with van der Waals surface area (Å²) in [5, 5.41) is 14.1. The second-order valence-corrected chi connectivity index (χ2v) is 6.15. The van der Waals surface area contributed by atoms with Gasteiger partial charge in [0.25, 0.3) is 0 Å². The van der Waals surface area contributed by atoms with Gasteiger partial charge in [0.05, 0.1) is 0 Å². The molecule has 5 heteroatoms. The molecule has 2 aliphatic rings. The van der Waals surface area contributed by atoms with Crippen LogP contribution in [0.25, 0.3) is 0 Å². The molecule has 0 unspecified atom stereocenters. The molecule has 0 saturated heterocycles. The SMILES string of the molecule is Cc1cc(F)ccc1NC(=O)[C@@H]1[C@H]2CC[C@@H](C2)[C@@H]1C(=O)[O-]. The van der Waals surface area contributed by atoms with Crippen LogP contribution in [0, 0.1) is 36.4 Å². The molecule has 2 saturated carbocycles. The van der Waals surface area contributed by atoms with Gasteiger partial charge in [0.2, 0.25) is 5.91 Å². The summed E-state index contributed by atoms with van der Waals surface area (Å²) in [7, 11) is 0. The number of halogens is 1. The first-order valence-corrected chi connectivity index (χ1v) is 7.25. The molecule has 2 fully saturated rings. The fourth-order valence-corrected chi connectivity index (χ4v) is 3.99. The maximum atomic E-state index is 13.1. The van der Waals surface area contributed by atoms with Gasteiger partial charge in [0.15, 0.2) is 0 Å². The summed E-state index contributed by atoms with van der Waals surface area (Å²) in [6, 6.07) is 4.12. The number of anilines is 1. The maximum absolute atomic E-state index is 13.1. The van der Waals surface area contributed by atoms with Crippen molar-refractivity contribution in [3.05, 3.63) is 29.6 Å². The second kappa shape index (κ2) is 5.13. The van der Waals surface area contributed by atoms with Gasteiger partial charge < -0.3 is 15.2 Å². The van der Waals surface area contributed by atoms with Crippen molar-refractivity contribution >= 4 is 17.6 Å². The van der Waals surface area contributed by atoms with Crippen molar-refractivity contribution in [1.82, 2.24) is 0 Å². The number of hydrogen-bond donors (Lipinski definition) is 1. The number of carbonyl (C=O) groups is 2. The van der Waals surface area contributed by atoms with Crippen LogP contribution in [-0.2, 0) is 9.59 Å². The Kier molecular flexibility index (Phi) is 3.43. The summed E-state index contributed by atoms with van der Waals surface area (Å²) >= 11 is 0. The lowest BCUT2D eigenvalue weighted by atomic mass is 9.78. The van der Waals surface area contributed by atoms with E-state index in [4.69, 9.17) is 0 Å². The molecule has 4 nitrogen and oxygen atoms in total. The van der Waals surface area contributed by atoms with Gasteiger partial charge in [-0.2, -0.15) is 0 Å². The maximum Gasteiger partial charge on any atom is 0.228 e. The van der Waals surface area contributed by atoms with E-state index in [-0.39, 0.29) is 23.6 Å². The molecule has 112 valence electrons. The predicted molar refractivity (Wildman–Crippen MR) is 72.6 cm³/mol. The number of benzene rings is 1. The minimum absolute atomic E-state index is 0.0602. The van der Waals surface area contributed by atoms with Crippen LogP contribution in [-0.4, -0.2) is 11.9 Å². The first-order chi connectivity index (χ1) is 9.97. The van der Waals surface area contributed by atoms with Gasteiger partial charge in [-0.25, -0.2) is 4.39 Å². The highest BCUT2D eigenvalue weighted by Crippen LogP contribution is 2.52. The van der Waals surface area contributed by atoms with Crippen molar-refractivity contribution in [1.29, 1.82) is 0 Å². The third-order valence-electron chi connectivity index (χ3n) is 4.94. The molecule has 2 aliphatic carbocycles. The molecule has 4 atom stereocenters. The Hall–Kier alpha value is -1.91. The van der Waals surface area contributed by atoms with Crippen molar-refractivity contribution in [2.24, 2.45) is 23.7 Å². The highest BCUT2D eigenvalue weighted by Gasteiger charge is 2.51. The van der Waals surface area contributed by atoms with Crippen molar-refractivity contribution in [3.8, 4) is 0 Å². The highest BCUT2D eigenvalue weighted by molar-refractivity contribution is 5.96. The molecule has 1 N–H and O–H groups in total. The molecule has 0 aliphatic heterocycles. The number of nitrogens with one attached hydrogen (secondary N) is 1. The van der Waals surface area contributed by atoms with E-state index in [0.717, 1.165) is 19.3 Å². The normalized spacial score (nSPS) is 30.4. The molecule has 0 radical (unpaired) electrons. The van der Waals surface area contributed by atoms with Crippen molar-refractivity contribution in [3.63, 3.8) is 0 Å². The van der Waals surface area contributed by atoms with Crippen LogP contribution in [0.15, 0.2) is 18.2 Å². The zero-order valence-electron chi connectivity index (χ0n) is 11.8. The van der Waals surface area contributed by atoms with E-state index in [1.54, 1.807) is 6.92 Å². The lowest BCUT2D eigenvalue weighted by Crippen LogP contribution is -2.44. The Labute approximate surface area is 122 Å². The van der Waals surface area contributed by atoms with E-state index < -0.39 is 17.8 Å². The number of fused-ring (bicyclic) bond motifs is 2. The Morgan fingerprint density at radius 1 is 1.24 bits per heavy atom. The molecule has 0 heterocycles. The van der Waals surface area contributed by atoms with Crippen molar-refractivity contribution in [2.75, 3.05) is 5.32 Å². The molecule has 1 aromatic rings. The molecule has 2 bridgehead atoms. The van der Waals surface area contributed by atoms with Gasteiger partial charge in [0, 0.05) is 23.5 Å². The number of carboxylic acid groups (broad SMARTS) is 1. The van der Waals surface area contributed by atoms with Gasteiger partial charge in [-0.15, -0.1) is 0 Å². The number of carbonyl (C=O) groups excluding carboxylic acids is 2. The van der Waals surface area contributed by atoms with E-state index in [1.807, 2.05) is 0 Å². The van der Waals surface area contributed by atoms with Crippen LogP contribution in [0.1, 0.15) is 24.8 Å². The van der Waals surface area contributed by atoms with Crippen molar-refractivity contribution in [2.45, 2.75) is 26.2 Å². The van der Waals surface area contributed by atoms with Crippen LogP contribution in [0.3, 0.4) is 0 Å². The Morgan fingerprint density at radius 2 is 1.90 bits per heavy atom. The summed E-state index contributed by atoms with van der Waals surface area (Å²) in [6.07, 6.45) is 2.55. The van der Waals surface area contributed by atoms with Gasteiger partial charge in [0.1, 0.15) is 5.82 Å². The third-order valence-corrected chi connectivity index (χ3v) is 4.94. The lowest BCUT2D eigenvalue weighted by molar-refractivity contribution is -0.314. The van der Waals surface area contributed by atoms with Crippen LogP contribution < -0.4 is 10.4 Å². The van der Waals surface area contributed by atoms with E-state index in [1.165, 1.54) is 18.2 Å². The summed E-state index contributed by atoms with van der Waals surface area (Å²) in [4.78, 5) is 23.8.